The molecule has 0 radical (unpaired) electrons. The molecule has 0 heterocycles. The highest BCUT2D eigenvalue weighted by atomic mass is 16.4. The van der Waals surface area contributed by atoms with E-state index in [1.165, 1.54) is 0 Å². The molecule has 0 aliphatic carbocycles. The van der Waals surface area contributed by atoms with E-state index in [0.29, 0.717) is 5.57 Å². The Morgan fingerprint density at radius 2 is 1.92 bits per heavy atom. The molecule has 0 aromatic carbocycles. The Hall–Kier alpha value is -0.990. The van der Waals surface area contributed by atoms with E-state index in [2.05, 4.69) is 26.1 Å². The number of nitrogens with one attached hydrogen (secondary N) is 1. The zero-order valence-corrected chi connectivity index (χ0v) is 8.85. The van der Waals surface area contributed by atoms with Gasteiger partial charge in [0, 0.05) is 17.3 Å². The molecule has 0 bridgehead atoms. The first kappa shape index (κ1) is 12.0. The minimum Gasteiger partial charge on any atom is -0.478 e. The maximum atomic E-state index is 10.5. The molecule has 0 aromatic heterocycles. The Labute approximate surface area is 79.8 Å². The standard InChI is InChI=1S/C10H19NO2/c1-5-10(4,6-2)11-7-8(3)9(12)13/h7,11H,5-6H2,1-4H3,(H,12,13). The minimum atomic E-state index is -0.873. The molecule has 13 heavy (non-hydrogen) atoms. The molecule has 0 atom stereocenters. The quantitative estimate of drug-likeness (QED) is 0.645. The Bertz CT molecular complexity index is 205. The lowest BCUT2D eigenvalue weighted by molar-refractivity contribution is -0.132. The number of carboxylic acids is 1. The zero-order chi connectivity index (χ0) is 10.5. The molecule has 2 N–H and O–H groups in total. The van der Waals surface area contributed by atoms with Gasteiger partial charge in [-0.2, -0.15) is 0 Å². The number of aliphatic carboxylic acids is 1. The first-order chi connectivity index (χ1) is 5.95. The van der Waals surface area contributed by atoms with Crippen molar-refractivity contribution < 1.29 is 9.90 Å². The van der Waals surface area contributed by atoms with Gasteiger partial charge in [-0.1, -0.05) is 13.8 Å². The van der Waals surface area contributed by atoms with E-state index in [0.717, 1.165) is 12.8 Å². The Morgan fingerprint density at radius 3 is 2.23 bits per heavy atom. The predicted molar refractivity (Wildman–Crippen MR) is 53.5 cm³/mol. The van der Waals surface area contributed by atoms with E-state index in [4.69, 9.17) is 5.11 Å². The molecule has 0 spiro atoms. The molecule has 3 nitrogen and oxygen atoms in total. The van der Waals surface area contributed by atoms with Gasteiger partial charge in [-0.05, 0) is 26.7 Å². The van der Waals surface area contributed by atoms with Crippen molar-refractivity contribution >= 4 is 5.97 Å². The summed E-state index contributed by atoms with van der Waals surface area (Å²) in [6.07, 6.45) is 3.54. The topological polar surface area (TPSA) is 49.3 Å². The average molecular weight is 185 g/mol. The molecule has 0 unspecified atom stereocenters. The summed E-state index contributed by atoms with van der Waals surface area (Å²) < 4.78 is 0. The van der Waals surface area contributed by atoms with Crippen molar-refractivity contribution in [3.63, 3.8) is 0 Å². The van der Waals surface area contributed by atoms with Crippen molar-refractivity contribution in [2.24, 2.45) is 0 Å². The summed E-state index contributed by atoms with van der Waals surface area (Å²) in [6, 6.07) is 0. The maximum absolute atomic E-state index is 10.5. The molecule has 0 saturated carbocycles. The van der Waals surface area contributed by atoms with Crippen LogP contribution in [0, 0.1) is 0 Å². The van der Waals surface area contributed by atoms with Gasteiger partial charge in [0.25, 0.3) is 0 Å². The fourth-order valence-electron chi connectivity index (χ4n) is 0.798. The summed E-state index contributed by atoms with van der Waals surface area (Å²) in [6.45, 7) is 7.83. The van der Waals surface area contributed by atoms with Crippen molar-refractivity contribution in [2.45, 2.75) is 46.1 Å². The third-order valence-electron chi connectivity index (χ3n) is 2.54. The van der Waals surface area contributed by atoms with Crippen LogP contribution in [-0.2, 0) is 4.79 Å². The fraction of sp³-hybridized carbons (Fsp3) is 0.700. The second-order valence-electron chi connectivity index (χ2n) is 3.54. The monoisotopic (exact) mass is 185 g/mol. The van der Waals surface area contributed by atoms with E-state index < -0.39 is 5.97 Å². The lowest BCUT2D eigenvalue weighted by Gasteiger charge is -2.27. The molecule has 0 aromatic rings. The maximum Gasteiger partial charge on any atom is 0.332 e. The van der Waals surface area contributed by atoms with Crippen molar-refractivity contribution in [1.29, 1.82) is 0 Å². The van der Waals surface area contributed by atoms with Gasteiger partial charge >= 0.3 is 5.97 Å². The number of hydrogen-bond donors (Lipinski definition) is 2. The molecule has 0 aliphatic rings. The molecular weight excluding hydrogens is 166 g/mol. The van der Waals surface area contributed by atoms with Crippen LogP contribution in [-0.4, -0.2) is 16.6 Å². The molecule has 0 saturated heterocycles. The SMILES string of the molecule is CCC(C)(CC)NC=C(C)C(=O)O. The first-order valence-corrected chi connectivity index (χ1v) is 4.63. The van der Waals surface area contributed by atoms with E-state index >= 15 is 0 Å². The molecule has 76 valence electrons. The summed E-state index contributed by atoms with van der Waals surface area (Å²) in [7, 11) is 0. The predicted octanol–water partition coefficient (Wildman–Crippen LogP) is 2.14. The largest absolute Gasteiger partial charge is 0.478 e. The van der Waals surface area contributed by atoms with Crippen LogP contribution in [0.25, 0.3) is 0 Å². The van der Waals surface area contributed by atoms with Crippen LogP contribution < -0.4 is 5.32 Å². The van der Waals surface area contributed by atoms with Crippen LogP contribution in [0.5, 0.6) is 0 Å². The first-order valence-electron chi connectivity index (χ1n) is 4.63. The Kier molecular flexibility index (Phi) is 4.52. The molecule has 3 heteroatoms. The summed E-state index contributed by atoms with van der Waals surface area (Å²) in [5.74, 6) is -0.873. The third-order valence-corrected chi connectivity index (χ3v) is 2.54. The van der Waals surface area contributed by atoms with E-state index in [-0.39, 0.29) is 5.54 Å². The van der Waals surface area contributed by atoms with Gasteiger partial charge in [-0.25, -0.2) is 4.79 Å². The minimum absolute atomic E-state index is 0.0106. The van der Waals surface area contributed by atoms with E-state index in [1.807, 2.05) is 0 Å². The van der Waals surface area contributed by atoms with Crippen LogP contribution in [0.2, 0.25) is 0 Å². The van der Waals surface area contributed by atoms with Gasteiger partial charge < -0.3 is 10.4 Å². The van der Waals surface area contributed by atoms with E-state index in [9.17, 15) is 4.79 Å². The second kappa shape index (κ2) is 4.90. The van der Waals surface area contributed by atoms with Gasteiger partial charge in [0.15, 0.2) is 0 Å². The molecule has 0 aliphatic heterocycles. The average Bonchev–Trinajstić information content (AvgIpc) is 2.13. The van der Waals surface area contributed by atoms with E-state index in [1.54, 1.807) is 13.1 Å². The highest BCUT2D eigenvalue weighted by Crippen LogP contribution is 2.13. The number of rotatable bonds is 5. The number of carboxylic acid groups (broad SMARTS) is 1. The Morgan fingerprint density at radius 1 is 1.46 bits per heavy atom. The van der Waals surface area contributed by atoms with Crippen LogP contribution in [0.1, 0.15) is 40.5 Å². The summed E-state index contributed by atoms with van der Waals surface area (Å²) in [4.78, 5) is 10.5. The van der Waals surface area contributed by atoms with Crippen molar-refractivity contribution in [3.05, 3.63) is 11.8 Å². The second-order valence-corrected chi connectivity index (χ2v) is 3.54. The van der Waals surface area contributed by atoms with Gasteiger partial charge in [-0.3, -0.25) is 0 Å². The highest BCUT2D eigenvalue weighted by molar-refractivity contribution is 5.85. The third kappa shape index (κ3) is 3.97. The van der Waals surface area contributed by atoms with Crippen molar-refractivity contribution in [3.8, 4) is 0 Å². The lowest BCUT2D eigenvalue weighted by Crippen LogP contribution is -2.37. The van der Waals surface area contributed by atoms with Gasteiger partial charge in [0.05, 0.1) is 0 Å². The van der Waals surface area contributed by atoms with Crippen molar-refractivity contribution in [1.82, 2.24) is 5.32 Å². The molecule has 0 amide bonds. The Balaban J connectivity index is 4.28. The summed E-state index contributed by atoms with van der Waals surface area (Å²) in [5, 5.41) is 11.7. The number of hydrogen-bond acceptors (Lipinski definition) is 2. The summed E-state index contributed by atoms with van der Waals surface area (Å²) in [5.41, 5.74) is 0.351. The van der Waals surface area contributed by atoms with Crippen LogP contribution in [0.15, 0.2) is 11.8 Å². The van der Waals surface area contributed by atoms with Crippen LogP contribution >= 0.6 is 0 Å². The van der Waals surface area contributed by atoms with Gasteiger partial charge in [0.1, 0.15) is 0 Å². The normalized spacial score (nSPS) is 12.8. The zero-order valence-electron chi connectivity index (χ0n) is 8.85. The fourth-order valence-corrected chi connectivity index (χ4v) is 0.798. The summed E-state index contributed by atoms with van der Waals surface area (Å²) >= 11 is 0. The van der Waals surface area contributed by atoms with Crippen molar-refractivity contribution in [2.75, 3.05) is 0 Å². The molecule has 0 fully saturated rings. The van der Waals surface area contributed by atoms with Crippen LogP contribution in [0.3, 0.4) is 0 Å². The highest BCUT2D eigenvalue weighted by Gasteiger charge is 2.17. The molecule has 0 rings (SSSR count). The number of carbonyl (C=O) groups is 1. The lowest BCUT2D eigenvalue weighted by atomic mass is 9.96. The smallest absolute Gasteiger partial charge is 0.332 e. The molecular formula is C10H19NO2. The van der Waals surface area contributed by atoms with Crippen LogP contribution in [0.4, 0.5) is 0 Å². The van der Waals surface area contributed by atoms with Gasteiger partial charge in [0.2, 0.25) is 0 Å². The van der Waals surface area contributed by atoms with Gasteiger partial charge in [-0.15, -0.1) is 0 Å².